The lowest BCUT2D eigenvalue weighted by atomic mass is 10.1. The lowest BCUT2D eigenvalue weighted by Crippen LogP contribution is -1.93. The molecular weight excluding hydrogens is 210 g/mol. The first-order chi connectivity index (χ1) is 8.25. The van der Waals surface area contributed by atoms with E-state index in [4.69, 9.17) is 0 Å². The maximum absolute atomic E-state index is 4.19. The van der Waals surface area contributed by atoms with Crippen LogP contribution in [0.4, 0.5) is 0 Å². The Morgan fingerprint density at radius 3 is 2.65 bits per heavy atom. The predicted molar refractivity (Wildman–Crippen MR) is 67.9 cm³/mol. The van der Waals surface area contributed by atoms with Crippen LogP contribution in [0.1, 0.15) is 11.3 Å². The van der Waals surface area contributed by atoms with E-state index < -0.39 is 0 Å². The minimum Gasteiger partial charge on any atom is -0.213 e. The number of benzene rings is 1. The molecule has 3 nitrogen and oxygen atoms in total. The number of aryl methyl sites for hydroxylation is 2. The number of nitrogens with zero attached hydrogens (tertiary/aromatic N) is 3. The van der Waals surface area contributed by atoms with Gasteiger partial charge in [0.25, 0.3) is 0 Å². The molecule has 0 saturated carbocycles. The Balaban J connectivity index is 2.30. The van der Waals surface area contributed by atoms with Crippen LogP contribution in [0.5, 0.6) is 0 Å². The number of hydrogen-bond donors (Lipinski definition) is 0. The second-order valence-corrected chi connectivity index (χ2v) is 4.25. The summed E-state index contributed by atoms with van der Waals surface area (Å²) in [6.07, 6.45) is 0. The van der Waals surface area contributed by atoms with Crippen LogP contribution in [0.25, 0.3) is 16.8 Å². The van der Waals surface area contributed by atoms with E-state index in [-0.39, 0.29) is 0 Å². The molecule has 3 rings (SSSR count). The Morgan fingerprint density at radius 1 is 1.00 bits per heavy atom. The minimum absolute atomic E-state index is 0.958. The molecule has 1 aromatic carbocycles. The first kappa shape index (κ1) is 10.0. The van der Waals surface area contributed by atoms with Crippen molar-refractivity contribution in [2.45, 2.75) is 13.8 Å². The fourth-order valence-electron chi connectivity index (χ4n) is 2.06. The Bertz CT molecular complexity index is 683. The van der Waals surface area contributed by atoms with Crippen molar-refractivity contribution in [3.63, 3.8) is 0 Å². The van der Waals surface area contributed by atoms with Crippen LogP contribution < -0.4 is 0 Å². The summed E-state index contributed by atoms with van der Waals surface area (Å²) in [6.45, 7) is 4.07. The Hall–Kier alpha value is -2.16. The molecule has 0 saturated heterocycles. The van der Waals surface area contributed by atoms with E-state index >= 15 is 0 Å². The predicted octanol–water partition coefficient (Wildman–Crippen LogP) is 3.01. The number of aromatic nitrogens is 3. The standard InChI is InChI=1S/C14H13N3/c1-10-5-3-6-12(9-10)14-8-4-7-13-11(2)15-16-17(13)14/h3-9H,1-2H3. The molecular formula is C14H13N3. The second-order valence-electron chi connectivity index (χ2n) is 4.25. The van der Waals surface area contributed by atoms with Crippen molar-refractivity contribution in [2.75, 3.05) is 0 Å². The molecule has 0 aliphatic rings. The molecule has 0 bridgehead atoms. The molecule has 2 heterocycles. The molecule has 17 heavy (non-hydrogen) atoms. The maximum Gasteiger partial charge on any atom is 0.0901 e. The summed E-state index contributed by atoms with van der Waals surface area (Å²) in [5, 5.41) is 8.31. The van der Waals surface area contributed by atoms with Gasteiger partial charge < -0.3 is 0 Å². The van der Waals surface area contributed by atoms with Gasteiger partial charge in [0, 0.05) is 5.56 Å². The third kappa shape index (κ3) is 1.60. The number of pyridine rings is 1. The van der Waals surface area contributed by atoms with Gasteiger partial charge in [-0.25, -0.2) is 4.52 Å². The van der Waals surface area contributed by atoms with Gasteiger partial charge in [0.2, 0.25) is 0 Å². The third-order valence-electron chi connectivity index (χ3n) is 2.93. The van der Waals surface area contributed by atoms with Crippen molar-refractivity contribution in [1.82, 2.24) is 14.8 Å². The summed E-state index contributed by atoms with van der Waals surface area (Å²) >= 11 is 0. The summed E-state index contributed by atoms with van der Waals surface area (Å²) in [5.41, 5.74) is 5.51. The highest BCUT2D eigenvalue weighted by Crippen LogP contribution is 2.21. The van der Waals surface area contributed by atoms with Crippen molar-refractivity contribution >= 4 is 5.52 Å². The first-order valence-electron chi connectivity index (χ1n) is 5.64. The Kier molecular flexibility index (Phi) is 2.18. The zero-order chi connectivity index (χ0) is 11.8. The average molecular weight is 223 g/mol. The van der Waals surface area contributed by atoms with Crippen LogP contribution in [-0.4, -0.2) is 14.8 Å². The van der Waals surface area contributed by atoms with Crippen molar-refractivity contribution < 1.29 is 0 Å². The van der Waals surface area contributed by atoms with Crippen molar-refractivity contribution in [1.29, 1.82) is 0 Å². The van der Waals surface area contributed by atoms with Gasteiger partial charge in [0.15, 0.2) is 0 Å². The van der Waals surface area contributed by atoms with Gasteiger partial charge in [-0.1, -0.05) is 35.0 Å². The maximum atomic E-state index is 4.19. The molecule has 0 atom stereocenters. The second kappa shape index (κ2) is 3.70. The Labute approximate surface area is 99.7 Å². The van der Waals surface area contributed by atoms with E-state index in [9.17, 15) is 0 Å². The summed E-state index contributed by atoms with van der Waals surface area (Å²) in [6, 6.07) is 14.6. The quantitative estimate of drug-likeness (QED) is 0.634. The van der Waals surface area contributed by atoms with Crippen LogP contribution in [0.2, 0.25) is 0 Å². The smallest absolute Gasteiger partial charge is 0.0901 e. The molecule has 0 aliphatic carbocycles. The zero-order valence-corrected chi connectivity index (χ0v) is 9.88. The minimum atomic E-state index is 0.958. The fraction of sp³-hybridized carbons (Fsp3) is 0.143. The third-order valence-corrected chi connectivity index (χ3v) is 2.93. The molecule has 3 heteroatoms. The monoisotopic (exact) mass is 223 g/mol. The van der Waals surface area contributed by atoms with Crippen LogP contribution in [-0.2, 0) is 0 Å². The zero-order valence-electron chi connectivity index (χ0n) is 9.88. The number of fused-ring (bicyclic) bond motifs is 1. The van der Waals surface area contributed by atoms with Crippen molar-refractivity contribution in [2.24, 2.45) is 0 Å². The molecule has 3 aromatic rings. The fourth-order valence-corrected chi connectivity index (χ4v) is 2.06. The number of rotatable bonds is 1. The molecule has 0 spiro atoms. The molecule has 0 aliphatic heterocycles. The van der Waals surface area contributed by atoms with E-state index in [1.807, 2.05) is 23.6 Å². The van der Waals surface area contributed by atoms with E-state index in [2.05, 4.69) is 47.6 Å². The van der Waals surface area contributed by atoms with Gasteiger partial charge in [-0.3, -0.25) is 0 Å². The van der Waals surface area contributed by atoms with Crippen LogP contribution in [0, 0.1) is 13.8 Å². The highest BCUT2D eigenvalue weighted by Gasteiger charge is 2.07. The lowest BCUT2D eigenvalue weighted by molar-refractivity contribution is 0.855. The topological polar surface area (TPSA) is 30.2 Å². The van der Waals surface area contributed by atoms with Gasteiger partial charge in [0.05, 0.1) is 16.9 Å². The van der Waals surface area contributed by atoms with Crippen molar-refractivity contribution in [3.05, 3.63) is 53.7 Å². The van der Waals surface area contributed by atoms with Gasteiger partial charge in [0.1, 0.15) is 0 Å². The first-order valence-corrected chi connectivity index (χ1v) is 5.64. The number of hydrogen-bond acceptors (Lipinski definition) is 2. The van der Waals surface area contributed by atoms with Gasteiger partial charge in [-0.05, 0) is 32.0 Å². The van der Waals surface area contributed by atoms with Crippen molar-refractivity contribution in [3.8, 4) is 11.3 Å². The summed E-state index contributed by atoms with van der Waals surface area (Å²) < 4.78 is 1.89. The van der Waals surface area contributed by atoms with Gasteiger partial charge in [-0.2, -0.15) is 0 Å². The van der Waals surface area contributed by atoms with E-state index in [1.165, 1.54) is 11.1 Å². The molecule has 0 amide bonds. The lowest BCUT2D eigenvalue weighted by Gasteiger charge is -2.05. The highest BCUT2D eigenvalue weighted by molar-refractivity contribution is 5.65. The summed E-state index contributed by atoms with van der Waals surface area (Å²) in [7, 11) is 0. The molecule has 84 valence electrons. The van der Waals surface area contributed by atoms with Gasteiger partial charge in [-0.15, -0.1) is 5.10 Å². The summed E-state index contributed by atoms with van der Waals surface area (Å²) in [5.74, 6) is 0. The highest BCUT2D eigenvalue weighted by atomic mass is 15.4. The van der Waals surface area contributed by atoms with E-state index in [0.29, 0.717) is 0 Å². The van der Waals surface area contributed by atoms with E-state index in [1.54, 1.807) is 0 Å². The largest absolute Gasteiger partial charge is 0.213 e. The normalized spacial score (nSPS) is 10.9. The molecule has 0 unspecified atom stereocenters. The SMILES string of the molecule is Cc1cccc(-c2cccc3c(C)nnn23)c1. The molecule has 0 N–H and O–H groups in total. The van der Waals surface area contributed by atoms with Gasteiger partial charge >= 0.3 is 0 Å². The summed E-state index contributed by atoms with van der Waals surface area (Å²) in [4.78, 5) is 0. The average Bonchev–Trinajstić information content (AvgIpc) is 2.71. The molecule has 0 fully saturated rings. The Morgan fingerprint density at radius 2 is 1.82 bits per heavy atom. The van der Waals surface area contributed by atoms with Crippen LogP contribution >= 0.6 is 0 Å². The van der Waals surface area contributed by atoms with Crippen LogP contribution in [0.15, 0.2) is 42.5 Å². The van der Waals surface area contributed by atoms with Crippen LogP contribution in [0.3, 0.4) is 0 Å². The molecule has 2 aromatic heterocycles. The van der Waals surface area contributed by atoms with E-state index in [0.717, 1.165) is 16.9 Å². The molecule has 0 radical (unpaired) electrons.